The summed E-state index contributed by atoms with van der Waals surface area (Å²) in [5.41, 5.74) is 1.38. The van der Waals surface area contributed by atoms with Crippen molar-refractivity contribution >= 4 is 16.5 Å². The average Bonchev–Trinajstić information content (AvgIpc) is 2.94. The fourth-order valence-corrected chi connectivity index (χ4v) is 3.39. The molecule has 1 N–H and O–H groups in total. The lowest BCUT2D eigenvalue weighted by atomic mass is 9.91. The maximum absolute atomic E-state index is 4.89. The smallest absolute Gasteiger partial charge is 0.185 e. The Hall–Kier alpha value is -0.610. The number of hydrogen-bond acceptors (Lipinski definition) is 4. The van der Waals surface area contributed by atoms with E-state index in [-0.39, 0.29) is 5.41 Å². The first-order valence-corrected chi connectivity index (χ1v) is 7.59. The van der Waals surface area contributed by atoms with Crippen LogP contribution in [0.5, 0.6) is 0 Å². The molecule has 1 aromatic rings. The van der Waals surface area contributed by atoms with Crippen LogP contribution in [0.4, 0.5) is 5.13 Å². The van der Waals surface area contributed by atoms with Crippen molar-refractivity contribution in [1.82, 2.24) is 10.3 Å². The van der Waals surface area contributed by atoms with Crippen LogP contribution in [0.3, 0.4) is 0 Å². The molecule has 0 aromatic carbocycles. The maximum Gasteiger partial charge on any atom is 0.185 e. The van der Waals surface area contributed by atoms with Crippen LogP contribution in [-0.2, 0) is 12.0 Å². The molecule has 0 saturated heterocycles. The van der Waals surface area contributed by atoms with Gasteiger partial charge in [-0.05, 0) is 25.8 Å². The predicted molar refractivity (Wildman–Crippen MR) is 79.6 cm³/mol. The number of aromatic nitrogens is 1. The van der Waals surface area contributed by atoms with Gasteiger partial charge in [0.2, 0.25) is 0 Å². The molecule has 1 saturated carbocycles. The van der Waals surface area contributed by atoms with Crippen LogP contribution in [0.1, 0.15) is 44.2 Å². The highest BCUT2D eigenvalue weighted by atomic mass is 32.1. The molecular weight excluding hydrogens is 242 g/mol. The van der Waals surface area contributed by atoms with Crippen molar-refractivity contribution in [3.05, 3.63) is 10.6 Å². The molecule has 0 radical (unpaired) electrons. The lowest BCUT2D eigenvalue weighted by Crippen LogP contribution is -2.20. The van der Waals surface area contributed by atoms with Crippen molar-refractivity contribution in [2.75, 3.05) is 25.5 Å². The third-order valence-electron chi connectivity index (χ3n) is 3.29. The largest absolute Gasteiger partial charge is 0.351 e. The van der Waals surface area contributed by atoms with Gasteiger partial charge in [-0.1, -0.05) is 20.8 Å². The predicted octanol–water partition coefficient (Wildman–Crippen LogP) is 3.01. The van der Waals surface area contributed by atoms with E-state index in [0.29, 0.717) is 0 Å². The molecular formula is C14H25N3S. The lowest BCUT2D eigenvalue weighted by Gasteiger charge is -2.18. The van der Waals surface area contributed by atoms with Gasteiger partial charge in [0.1, 0.15) is 0 Å². The van der Waals surface area contributed by atoms with Gasteiger partial charge < -0.3 is 10.2 Å². The number of anilines is 1. The van der Waals surface area contributed by atoms with E-state index in [9.17, 15) is 0 Å². The quantitative estimate of drug-likeness (QED) is 0.889. The fourth-order valence-electron chi connectivity index (χ4n) is 2.13. The molecule has 0 atom stereocenters. The van der Waals surface area contributed by atoms with Crippen molar-refractivity contribution in [2.45, 2.75) is 45.6 Å². The summed E-state index contributed by atoms with van der Waals surface area (Å²) >= 11 is 1.84. The van der Waals surface area contributed by atoms with Crippen LogP contribution in [0, 0.1) is 5.92 Å². The normalized spacial score (nSPS) is 16.1. The van der Waals surface area contributed by atoms with Crippen LogP contribution in [0.2, 0.25) is 0 Å². The highest BCUT2D eigenvalue weighted by Gasteiger charge is 2.27. The van der Waals surface area contributed by atoms with Crippen molar-refractivity contribution in [2.24, 2.45) is 5.92 Å². The average molecular weight is 267 g/mol. The first-order chi connectivity index (χ1) is 8.41. The summed E-state index contributed by atoms with van der Waals surface area (Å²) in [6.45, 7) is 8.81. The van der Waals surface area contributed by atoms with E-state index in [1.807, 2.05) is 18.4 Å². The van der Waals surface area contributed by atoms with E-state index in [2.05, 4.69) is 38.0 Å². The summed E-state index contributed by atoms with van der Waals surface area (Å²) in [7, 11) is 4.17. The molecule has 2 rings (SSSR count). The monoisotopic (exact) mass is 267 g/mol. The van der Waals surface area contributed by atoms with Gasteiger partial charge in [-0.25, -0.2) is 4.98 Å². The van der Waals surface area contributed by atoms with E-state index in [4.69, 9.17) is 4.98 Å². The van der Waals surface area contributed by atoms with Crippen LogP contribution >= 0.6 is 11.3 Å². The van der Waals surface area contributed by atoms with Gasteiger partial charge in [0.05, 0.1) is 5.69 Å². The van der Waals surface area contributed by atoms with Gasteiger partial charge >= 0.3 is 0 Å². The third-order valence-corrected chi connectivity index (χ3v) is 4.46. The molecule has 0 amide bonds. The summed E-state index contributed by atoms with van der Waals surface area (Å²) in [6.07, 6.45) is 2.79. The maximum atomic E-state index is 4.89. The summed E-state index contributed by atoms with van der Waals surface area (Å²) in [5, 5.41) is 4.43. The molecule has 102 valence electrons. The molecule has 3 nitrogen and oxygen atoms in total. The minimum absolute atomic E-state index is 0.126. The molecule has 0 spiro atoms. The Balaban J connectivity index is 2.20. The third kappa shape index (κ3) is 3.23. The van der Waals surface area contributed by atoms with E-state index in [1.54, 1.807) is 0 Å². The van der Waals surface area contributed by atoms with Crippen LogP contribution in [-0.4, -0.2) is 25.6 Å². The minimum atomic E-state index is 0.126. The number of nitrogens with one attached hydrogen (secondary N) is 1. The first kappa shape index (κ1) is 13.8. The Labute approximate surface area is 115 Å². The molecule has 1 aliphatic carbocycles. The van der Waals surface area contributed by atoms with E-state index in [1.165, 1.54) is 28.5 Å². The summed E-state index contributed by atoms with van der Waals surface area (Å²) in [4.78, 5) is 8.59. The molecule has 0 unspecified atom stereocenters. The van der Waals surface area contributed by atoms with Crippen molar-refractivity contribution in [1.29, 1.82) is 0 Å². The topological polar surface area (TPSA) is 28.2 Å². The summed E-state index contributed by atoms with van der Waals surface area (Å²) in [6, 6.07) is 0. The second-order valence-corrected chi connectivity index (χ2v) is 7.43. The molecule has 1 heterocycles. The van der Waals surface area contributed by atoms with Gasteiger partial charge in [0.15, 0.2) is 5.13 Å². The number of thiazole rings is 1. The van der Waals surface area contributed by atoms with Crippen LogP contribution in [0.25, 0.3) is 0 Å². The molecule has 0 aliphatic heterocycles. The van der Waals surface area contributed by atoms with E-state index >= 15 is 0 Å². The minimum Gasteiger partial charge on any atom is -0.351 e. The highest BCUT2D eigenvalue weighted by Crippen LogP contribution is 2.36. The zero-order valence-corrected chi connectivity index (χ0v) is 13.0. The zero-order chi connectivity index (χ0) is 13.3. The van der Waals surface area contributed by atoms with Gasteiger partial charge in [0, 0.05) is 30.4 Å². The standard InChI is InChI=1S/C14H25N3S/c1-14(2,3)12-11(8-15-4)18-13(16-12)17(5)9-10-6-7-10/h10,15H,6-9H2,1-5H3. The Bertz CT molecular complexity index is 402. The molecule has 0 bridgehead atoms. The SMILES string of the molecule is CNCc1sc(N(C)CC2CC2)nc1C(C)(C)C. The van der Waals surface area contributed by atoms with Gasteiger partial charge in [-0.15, -0.1) is 11.3 Å². The van der Waals surface area contributed by atoms with Crippen LogP contribution in [0.15, 0.2) is 0 Å². The second kappa shape index (κ2) is 5.17. The van der Waals surface area contributed by atoms with Gasteiger partial charge in [0.25, 0.3) is 0 Å². The van der Waals surface area contributed by atoms with Crippen molar-refractivity contribution in [3.8, 4) is 0 Å². The molecule has 1 fully saturated rings. The summed E-state index contributed by atoms with van der Waals surface area (Å²) in [5.74, 6) is 0.907. The van der Waals surface area contributed by atoms with Crippen LogP contribution < -0.4 is 10.2 Å². The van der Waals surface area contributed by atoms with E-state index < -0.39 is 0 Å². The first-order valence-electron chi connectivity index (χ1n) is 6.77. The molecule has 1 aliphatic rings. The Morgan fingerprint density at radius 3 is 2.56 bits per heavy atom. The zero-order valence-electron chi connectivity index (χ0n) is 12.2. The fraction of sp³-hybridized carbons (Fsp3) is 0.786. The Morgan fingerprint density at radius 2 is 2.06 bits per heavy atom. The van der Waals surface area contributed by atoms with Crippen molar-refractivity contribution < 1.29 is 0 Å². The Kier molecular flexibility index (Phi) is 3.97. The second-order valence-electron chi connectivity index (χ2n) is 6.37. The summed E-state index contributed by atoms with van der Waals surface area (Å²) < 4.78 is 0. The molecule has 18 heavy (non-hydrogen) atoms. The number of rotatable bonds is 5. The highest BCUT2D eigenvalue weighted by molar-refractivity contribution is 7.15. The molecule has 1 aromatic heterocycles. The molecule has 4 heteroatoms. The van der Waals surface area contributed by atoms with Gasteiger partial charge in [-0.2, -0.15) is 0 Å². The number of nitrogens with zero attached hydrogens (tertiary/aromatic N) is 2. The van der Waals surface area contributed by atoms with Gasteiger partial charge in [-0.3, -0.25) is 0 Å². The van der Waals surface area contributed by atoms with Crippen molar-refractivity contribution in [3.63, 3.8) is 0 Å². The lowest BCUT2D eigenvalue weighted by molar-refractivity contribution is 0.562. The number of hydrogen-bond donors (Lipinski definition) is 1. The Morgan fingerprint density at radius 1 is 1.39 bits per heavy atom. The van der Waals surface area contributed by atoms with E-state index in [0.717, 1.165) is 19.0 Å².